The number of nitrogens with zero attached hydrogens (tertiary/aromatic N) is 3. The van der Waals surface area contributed by atoms with Gasteiger partial charge in [-0.3, -0.25) is 0 Å². The molecule has 0 fully saturated rings. The normalized spacial score (nSPS) is 8.41. The van der Waals surface area contributed by atoms with Gasteiger partial charge in [-0.15, -0.1) is 0 Å². The molecule has 0 heterocycles. The van der Waals surface area contributed by atoms with Crippen molar-refractivity contribution in [2.24, 2.45) is 5.92 Å². The quantitative estimate of drug-likeness (QED) is 0.588. The minimum Gasteiger partial charge on any atom is -0.665 e. The zero-order chi connectivity index (χ0) is 16.9. The maximum atomic E-state index is 3.74. The van der Waals surface area contributed by atoms with Crippen LogP contribution in [0.15, 0.2) is 24.3 Å². The van der Waals surface area contributed by atoms with Gasteiger partial charge in [0, 0.05) is 0 Å². The molecule has 0 atom stereocenters. The Balaban J connectivity index is -0.000000107. The van der Waals surface area contributed by atoms with Crippen molar-refractivity contribution in [3.8, 4) is 0 Å². The summed E-state index contributed by atoms with van der Waals surface area (Å²) in [6.07, 6.45) is 1.22. The first kappa shape index (κ1) is 30.0. The Labute approximate surface area is 159 Å². The summed E-state index contributed by atoms with van der Waals surface area (Å²) in [5.41, 5.74) is 1.46. The van der Waals surface area contributed by atoms with Gasteiger partial charge in [-0.2, -0.15) is 58.5 Å². The molecule has 0 radical (unpaired) electrons. The standard InChI is InChI=1S/C9H13.3C3H8N.Zr/c1-8(2)7-9-5-3-4-6-9;3*1-3-4-2;/h3-6,8H,7H2,1-2H3;3*3H2,1-2H3;/q4*-1;+4. The molecule has 0 amide bonds. The zero-order valence-electron chi connectivity index (χ0n) is 16.1. The van der Waals surface area contributed by atoms with Crippen molar-refractivity contribution in [2.75, 3.05) is 40.8 Å². The molecule has 128 valence electrons. The van der Waals surface area contributed by atoms with Crippen LogP contribution in [0.2, 0.25) is 0 Å². The molecule has 1 aromatic carbocycles. The molecule has 0 aromatic heterocycles. The molecular weight excluding hydrogens is 349 g/mol. The molecule has 4 heteroatoms. The van der Waals surface area contributed by atoms with Crippen LogP contribution in [0.4, 0.5) is 0 Å². The molecule has 0 unspecified atom stereocenters. The minimum atomic E-state index is 0. The summed E-state index contributed by atoms with van der Waals surface area (Å²) < 4.78 is 0. The second-order valence-electron chi connectivity index (χ2n) is 4.79. The van der Waals surface area contributed by atoms with Gasteiger partial charge in [-0.1, -0.05) is 47.0 Å². The van der Waals surface area contributed by atoms with Crippen molar-refractivity contribution in [1.29, 1.82) is 0 Å². The Bertz CT molecular complexity index is 221. The van der Waals surface area contributed by atoms with Crippen LogP contribution in [0.5, 0.6) is 0 Å². The van der Waals surface area contributed by atoms with E-state index in [0.29, 0.717) is 0 Å². The third-order valence-corrected chi connectivity index (χ3v) is 2.32. The monoisotopic (exact) mass is 385 g/mol. The Kier molecular flexibility index (Phi) is 39.8. The smallest absolute Gasteiger partial charge is 0.665 e. The van der Waals surface area contributed by atoms with E-state index in [-0.39, 0.29) is 26.2 Å². The van der Waals surface area contributed by atoms with E-state index in [9.17, 15) is 0 Å². The van der Waals surface area contributed by atoms with E-state index in [4.69, 9.17) is 0 Å². The summed E-state index contributed by atoms with van der Waals surface area (Å²) >= 11 is 0. The maximum absolute atomic E-state index is 3.74. The first-order valence-electron chi connectivity index (χ1n) is 7.91. The van der Waals surface area contributed by atoms with E-state index in [2.05, 4.69) is 54.1 Å². The van der Waals surface area contributed by atoms with Crippen molar-refractivity contribution in [3.05, 3.63) is 45.8 Å². The van der Waals surface area contributed by atoms with Crippen molar-refractivity contribution >= 4 is 0 Å². The topological polar surface area (TPSA) is 42.3 Å². The molecule has 0 aliphatic rings. The Morgan fingerprint density at radius 1 is 0.773 bits per heavy atom. The average molecular weight is 387 g/mol. The van der Waals surface area contributed by atoms with Crippen LogP contribution in [0.3, 0.4) is 0 Å². The molecule has 0 aliphatic heterocycles. The molecule has 3 nitrogen and oxygen atoms in total. The number of rotatable bonds is 5. The molecule has 0 saturated heterocycles. The molecule has 0 N–H and O–H groups in total. The maximum Gasteiger partial charge on any atom is 4.00 e. The fourth-order valence-electron chi connectivity index (χ4n) is 1.02. The van der Waals surface area contributed by atoms with Crippen LogP contribution in [-0.4, -0.2) is 40.8 Å². The van der Waals surface area contributed by atoms with Crippen molar-refractivity contribution in [2.45, 2.75) is 41.0 Å². The molecule has 22 heavy (non-hydrogen) atoms. The Hall–Kier alpha value is 0.113. The van der Waals surface area contributed by atoms with Gasteiger partial charge in [-0.05, 0) is 0 Å². The van der Waals surface area contributed by atoms with E-state index in [1.54, 1.807) is 21.1 Å². The fraction of sp³-hybridized carbons (Fsp3) is 0.722. The zero-order valence-corrected chi connectivity index (χ0v) is 18.5. The predicted molar refractivity (Wildman–Crippen MR) is 100 cm³/mol. The van der Waals surface area contributed by atoms with Gasteiger partial charge in [-0.25, -0.2) is 12.1 Å². The molecule has 0 spiro atoms. The summed E-state index contributed by atoms with van der Waals surface area (Å²) in [5.74, 6) is 0.785. The Morgan fingerprint density at radius 3 is 1.23 bits per heavy atom. The van der Waals surface area contributed by atoms with Crippen molar-refractivity contribution < 1.29 is 26.2 Å². The molecule has 1 aromatic rings. The summed E-state index contributed by atoms with van der Waals surface area (Å²) in [7, 11) is 5.42. The first-order chi connectivity index (χ1) is 10.0. The molecule has 0 bridgehead atoms. The van der Waals surface area contributed by atoms with Crippen LogP contribution in [0.1, 0.15) is 40.2 Å². The van der Waals surface area contributed by atoms with E-state index in [1.807, 2.05) is 20.8 Å². The van der Waals surface area contributed by atoms with Crippen LogP contribution in [0.25, 0.3) is 16.0 Å². The fourth-order valence-corrected chi connectivity index (χ4v) is 1.02. The summed E-state index contributed by atoms with van der Waals surface area (Å²) in [6.45, 7) is 13.4. The van der Waals surface area contributed by atoms with Crippen LogP contribution in [-0.2, 0) is 32.6 Å². The van der Waals surface area contributed by atoms with Crippen molar-refractivity contribution in [3.63, 3.8) is 0 Å². The van der Waals surface area contributed by atoms with E-state index >= 15 is 0 Å². The van der Waals surface area contributed by atoms with Crippen LogP contribution < -0.4 is 0 Å². The van der Waals surface area contributed by atoms with Crippen LogP contribution >= 0.6 is 0 Å². The predicted octanol–water partition coefficient (Wildman–Crippen LogP) is 5.63. The van der Waals surface area contributed by atoms with Crippen molar-refractivity contribution in [1.82, 2.24) is 0 Å². The summed E-state index contributed by atoms with van der Waals surface area (Å²) in [4.78, 5) is 0. The molecule has 0 saturated carbocycles. The summed E-state index contributed by atoms with van der Waals surface area (Å²) in [5, 5.41) is 11.2. The third kappa shape index (κ3) is 36.9. The van der Waals surface area contributed by atoms with Crippen LogP contribution in [0, 0.1) is 5.92 Å². The van der Waals surface area contributed by atoms with Gasteiger partial charge in [0.1, 0.15) is 0 Å². The van der Waals surface area contributed by atoms with Gasteiger partial charge >= 0.3 is 26.2 Å². The Morgan fingerprint density at radius 2 is 1.05 bits per heavy atom. The molecule has 1 rings (SSSR count). The van der Waals surface area contributed by atoms with E-state index in [0.717, 1.165) is 25.6 Å². The summed E-state index contributed by atoms with van der Waals surface area (Å²) in [6, 6.07) is 8.55. The van der Waals surface area contributed by atoms with Gasteiger partial charge in [0.25, 0.3) is 0 Å². The number of hydrogen-bond donors (Lipinski definition) is 0. The largest absolute Gasteiger partial charge is 4.00 e. The van der Waals surface area contributed by atoms with Gasteiger partial charge < -0.3 is 16.0 Å². The second-order valence-corrected chi connectivity index (χ2v) is 4.79. The van der Waals surface area contributed by atoms with Gasteiger partial charge in [0.15, 0.2) is 0 Å². The SMILES string of the molecule is CC(C)C[c-]1cccc1.CC[N-]C.CC[N-]C.CC[N-]C.[Zr+4]. The molecular formula is C18H37N3Zr. The minimum absolute atomic E-state index is 0. The second kappa shape index (κ2) is 29.2. The van der Waals surface area contributed by atoms with Gasteiger partial charge in [0.2, 0.25) is 0 Å². The third-order valence-electron chi connectivity index (χ3n) is 2.32. The van der Waals surface area contributed by atoms with E-state index in [1.165, 1.54) is 12.0 Å². The van der Waals surface area contributed by atoms with Gasteiger partial charge in [0.05, 0.1) is 0 Å². The number of hydrogen-bond acceptors (Lipinski definition) is 0. The first-order valence-corrected chi connectivity index (χ1v) is 7.91. The average Bonchev–Trinajstić information content (AvgIpc) is 3.00. The molecule has 0 aliphatic carbocycles. The van der Waals surface area contributed by atoms with E-state index < -0.39 is 0 Å².